The minimum atomic E-state index is -2.48. The summed E-state index contributed by atoms with van der Waals surface area (Å²) >= 11 is 0. The van der Waals surface area contributed by atoms with Crippen molar-refractivity contribution in [2.45, 2.75) is 226 Å². The Kier molecular flexibility index (Phi) is 23.1. The van der Waals surface area contributed by atoms with Crippen molar-refractivity contribution in [1.82, 2.24) is 4.90 Å². The summed E-state index contributed by atoms with van der Waals surface area (Å²) in [6.45, 7) is 24.8. The van der Waals surface area contributed by atoms with Gasteiger partial charge in [0.25, 0.3) is 11.7 Å². The molecule has 0 aromatic carbocycles. The molecule has 1 saturated carbocycles. The van der Waals surface area contributed by atoms with Gasteiger partial charge in [-0.05, 0) is 144 Å². The number of methoxy groups -OCH3 is 3. The van der Waals surface area contributed by atoms with Gasteiger partial charge in [-0.25, -0.2) is 0 Å². The molecule has 0 radical (unpaired) electrons. The number of aliphatic hydroxyl groups excluding tert-OH is 1. The molecule has 4 aliphatic rings. The molecule has 14 atom stereocenters. The highest BCUT2D eigenvalue weighted by Crippen LogP contribution is 2.41. The summed E-state index contributed by atoms with van der Waals surface area (Å²) < 4.78 is 31.4. The zero-order valence-electron chi connectivity index (χ0n) is 46.6. The van der Waals surface area contributed by atoms with Crippen LogP contribution in [0.15, 0.2) is 47.6 Å². The normalized spacial score (nSPS) is 36.4. The van der Waals surface area contributed by atoms with Gasteiger partial charge >= 0.3 is 0 Å². The van der Waals surface area contributed by atoms with Gasteiger partial charge in [-0.1, -0.05) is 84.9 Å². The number of allylic oxidation sites excluding steroid dienone is 6. The quantitative estimate of drug-likeness (QED) is 0.140. The fourth-order valence-electron chi connectivity index (χ4n) is 11.1. The van der Waals surface area contributed by atoms with E-state index in [9.17, 15) is 29.1 Å². The molecule has 0 aromatic heterocycles. The molecular formula is C58H95NO11Si. The maximum Gasteiger partial charge on any atom is 0.293 e. The fraction of sp³-hybridized carbons (Fsp3) is 0.776. The second kappa shape index (κ2) is 27.0. The highest BCUT2D eigenvalue weighted by atomic mass is 28.4. The second-order valence-electron chi connectivity index (χ2n) is 23.8. The van der Waals surface area contributed by atoms with Crippen LogP contribution in [0, 0.1) is 35.5 Å². The summed E-state index contributed by atoms with van der Waals surface area (Å²) in [5.41, 5.74) is 0.359. The minimum absolute atomic E-state index is 0.0356. The molecule has 3 aliphatic heterocycles. The Labute approximate surface area is 429 Å². The molecule has 1 N–H and O–H groups in total. The predicted octanol–water partition coefficient (Wildman–Crippen LogP) is 10.7. The van der Waals surface area contributed by atoms with Crippen LogP contribution < -0.4 is 0 Å². The van der Waals surface area contributed by atoms with Gasteiger partial charge in [0.15, 0.2) is 19.9 Å². The molecule has 2 saturated heterocycles. The Morgan fingerprint density at radius 1 is 0.817 bits per heavy atom. The molecule has 12 nitrogen and oxygen atoms in total. The first kappa shape index (κ1) is 60.6. The van der Waals surface area contributed by atoms with E-state index in [1.807, 2.05) is 58.1 Å². The van der Waals surface area contributed by atoms with E-state index >= 15 is 0 Å². The van der Waals surface area contributed by atoms with Crippen LogP contribution in [0.3, 0.4) is 0 Å². The topological polar surface area (TPSA) is 155 Å². The van der Waals surface area contributed by atoms with Crippen molar-refractivity contribution < 1.29 is 52.5 Å². The Bertz CT molecular complexity index is 1930. The number of ketones is 4. The number of piperidine rings is 1. The van der Waals surface area contributed by atoms with Crippen molar-refractivity contribution in [2.24, 2.45) is 35.5 Å². The average molecular weight is 1010 g/mol. The van der Waals surface area contributed by atoms with Gasteiger partial charge in [0.1, 0.15) is 17.5 Å². The van der Waals surface area contributed by atoms with Crippen molar-refractivity contribution in [1.29, 1.82) is 0 Å². The lowest BCUT2D eigenvalue weighted by Gasteiger charge is -2.44. The van der Waals surface area contributed by atoms with Crippen LogP contribution in [0.5, 0.6) is 0 Å². The van der Waals surface area contributed by atoms with E-state index in [1.54, 1.807) is 28.3 Å². The molecule has 3 heterocycles. The van der Waals surface area contributed by atoms with Crippen LogP contribution in [-0.4, -0.2) is 124 Å². The molecule has 2 unspecified atom stereocenters. The van der Waals surface area contributed by atoms with Crippen LogP contribution in [0.1, 0.15) is 159 Å². The van der Waals surface area contributed by atoms with E-state index in [0.717, 1.165) is 30.4 Å². The van der Waals surface area contributed by atoms with Crippen molar-refractivity contribution >= 4 is 37.4 Å². The van der Waals surface area contributed by atoms with Crippen molar-refractivity contribution in [3.05, 3.63) is 47.6 Å². The standard InChI is InChI=1S/C58H95NO11Si/c1-37-21-17-16-18-22-38(2)51(66-11)36-45-27-25-42(6)58(10,69-45)55(64)56(65)59-30-20-19-23-46(59)50(63)35-44(39(3)32-43-26-29-47(60)52(33-43)67-12)34-49(62)40(4)31-41(5)53(54(68-13)48(61)28-24-37)70-71(14,15)57(7,8)9/h16-18,21-22,31,37,39-40,42-47,51-54,60H,19-20,23-30,32-36H2,1-15H3/b18-16?,21-17+,38-22?,41-31+/t37-,39-,40-,42-,43+,44-,45+,46+,47-,51+,52-,53?,54+,58?/m1/s1. The van der Waals surface area contributed by atoms with E-state index in [4.69, 9.17) is 23.4 Å². The molecular weight excluding hydrogens is 915 g/mol. The third kappa shape index (κ3) is 16.3. The van der Waals surface area contributed by atoms with Crippen molar-refractivity contribution in [2.75, 3.05) is 27.9 Å². The van der Waals surface area contributed by atoms with Gasteiger partial charge in [0, 0.05) is 59.5 Å². The molecule has 13 heteroatoms. The number of rotatable bonds is 8. The van der Waals surface area contributed by atoms with E-state index in [-0.39, 0.29) is 89.6 Å². The van der Waals surface area contributed by atoms with Crippen molar-refractivity contribution in [3.8, 4) is 0 Å². The number of ether oxygens (including phenoxy) is 4. The van der Waals surface area contributed by atoms with E-state index in [0.29, 0.717) is 57.9 Å². The Hall–Kier alpha value is -2.91. The van der Waals surface area contributed by atoms with Gasteiger partial charge in [0.2, 0.25) is 0 Å². The smallest absolute Gasteiger partial charge is 0.293 e. The molecule has 71 heavy (non-hydrogen) atoms. The predicted molar refractivity (Wildman–Crippen MR) is 283 cm³/mol. The maximum atomic E-state index is 14.9. The lowest BCUT2D eigenvalue weighted by atomic mass is 9.74. The van der Waals surface area contributed by atoms with Gasteiger partial charge in [-0.2, -0.15) is 0 Å². The lowest BCUT2D eigenvalue weighted by molar-refractivity contribution is -0.183. The first-order chi connectivity index (χ1) is 33.3. The number of fused-ring (bicyclic) bond motifs is 3. The summed E-state index contributed by atoms with van der Waals surface area (Å²) in [7, 11) is 2.37. The Morgan fingerprint density at radius 3 is 2.15 bits per heavy atom. The van der Waals surface area contributed by atoms with E-state index < -0.39 is 55.9 Å². The number of Topliss-reactive ketones (excluding diaryl/α,β-unsaturated/α-hetero) is 4. The van der Waals surface area contributed by atoms with Gasteiger partial charge < -0.3 is 33.4 Å². The van der Waals surface area contributed by atoms with Gasteiger partial charge in [-0.15, -0.1) is 0 Å². The molecule has 1 amide bonds. The summed E-state index contributed by atoms with van der Waals surface area (Å²) in [5, 5.41) is 10.5. The lowest BCUT2D eigenvalue weighted by Crippen LogP contribution is -2.59. The third-order valence-corrected chi connectivity index (χ3v) is 21.8. The summed E-state index contributed by atoms with van der Waals surface area (Å²) in [6, 6.07) is -0.796. The highest BCUT2D eigenvalue weighted by Gasteiger charge is 2.51. The number of aliphatic hydroxyl groups is 1. The van der Waals surface area contributed by atoms with Crippen LogP contribution in [0.2, 0.25) is 18.1 Å². The number of nitrogens with zero attached hydrogens (tertiary/aromatic N) is 1. The molecule has 4 rings (SSSR count). The van der Waals surface area contributed by atoms with Gasteiger partial charge in [0.05, 0.1) is 36.6 Å². The molecule has 0 aromatic rings. The van der Waals surface area contributed by atoms with Gasteiger partial charge in [-0.3, -0.25) is 24.0 Å². The first-order valence-corrected chi connectivity index (χ1v) is 29.9. The summed E-state index contributed by atoms with van der Waals surface area (Å²) in [6.07, 6.45) is 16.7. The zero-order valence-corrected chi connectivity index (χ0v) is 47.6. The number of amides is 1. The molecule has 0 spiro atoms. The first-order valence-electron chi connectivity index (χ1n) is 27.0. The molecule has 2 bridgehead atoms. The van der Waals surface area contributed by atoms with Crippen LogP contribution in [-0.2, 0) is 47.3 Å². The highest BCUT2D eigenvalue weighted by molar-refractivity contribution is 6.74. The fourth-order valence-corrected chi connectivity index (χ4v) is 12.4. The molecule has 1 aliphatic carbocycles. The zero-order chi connectivity index (χ0) is 53.0. The second-order valence-corrected chi connectivity index (χ2v) is 28.5. The number of hydrogen-bond donors (Lipinski definition) is 1. The number of hydrogen-bond acceptors (Lipinski definition) is 11. The Balaban J connectivity index is 1.77. The van der Waals surface area contributed by atoms with E-state index in [2.05, 4.69) is 53.8 Å². The minimum Gasteiger partial charge on any atom is -0.407 e. The van der Waals surface area contributed by atoms with Crippen LogP contribution in [0.4, 0.5) is 0 Å². The Morgan fingerprint density at radius 2 is 1.51 bits per heavy atom. The van der Waals surface area contributed by atoms with Crippen LogP contribution >= 0.6 is 0 Å². The average Bonchev–Trinajstić information content (AvgIpc) is 3.32. The number of carbonyl (C=O) groups excluding carboxylic acids is 5. The van der Waals surface area contributed by atoms with Crippen molar-refractivity contribution in [3.63, 3.8) is 0 Å². The summed E-state index contributed by atoms with van der Waals surface area (Å²) in [4.78, 5) is 74.4. The molecule has 402 valence electrons. The number of carbonyl (C=O) groups is 5. The van der Waals surface area contributed by atoms with Crippen LogP contribution in [0.25, 0.3) is 0 Å². The monoisotopic (exact) mass is 1010 g/mol. The maximum absolute atomic E-state index is 14.9. The molecule has 3 fully saturated rings. The largest absolute Gasteiger partial charge is 0.407 e. The summed E-state index contributed by atoms with van der Waals surface area (Å²) in [5.74, 6) is -2.41. The SMILES string of the molecule is CO[C@H]1C[C@@H]2CC[C@@H](C)C(C)(O2)C(=O)C(=O)N2CCCC[C@H]2C(=O)C[C@H]([C@H](C)C[C@@H]2CC[C@@H](O)[C@H](OC)C2)CC(=O)[C@H](C)/C=C(\C)C(O[Si](C)(C)C(C)(C)C)[C@@H](OC)C(=O)CC[C@H](C)/C=C/C=CC=C1C. The third-order valence-electron chi connectivity index (χ3n) is 17.3. The van der Waals surface area contributed by atoms with E-state index in [1.165, 1.54) is 4.90 Å².